The van der Waals surface area contributed by atoms with Gasteiger partial charge in [0.2, 0.25) is 5.95 Å². The second kappa shape index (κ2) is 8.03. The molecular formula is C19H20Cl2N6O. The highest BCUT2D eigenvalue weighted by atomic mass is 35.5. The van der Waals surface area contributed by atoms with Crippen LogP contribution in [0.15, 0.2) is 30.7 Å². The van der Waals surface area contributed by atoms with E-state index in [2.05, 4.69) is 25.2 Å². The Kier molecular flexibility index (Phi) is 5.48. The summed E-state index contributed by atoms with van der Waals surface area (Å²) >= 11 is 12.1. The molecule has 146 valence electrons. The number of rotatable bonds is 4. The predicted octanol–water partition coefficient (Wildman–Crippen LogP) is 4.21. The second-order valence-electron chi connectivity index (χ2n) is 6.95. The zero-order valence-corrected chi connectivity index (χ0v) is 16.8. The Morgan fingerprint density at radius 3 is 2.61 bits per heavy atom. The molecule has 28 heavy (non-hydrogen) atoms. The third kappa shape index (κ3) is 3.97. The van der Waals surface area contributed by atoms with Gasteiger partial charge in [-0.25, -0.2) is 19.9 Å². The van der Waals surface area contributed by atoms with Crippen LogP contribution in [0.3, 0.4) is 0 Å². The molecule has 1 aliphatic rings. The van der Waals surface area contributed by atoms with Gasteiger partial charge in [-0.3, -0.25) is 0 Å². The third-order valence-corrected chi connectivity index (χ3v) is 5.82. The molecule has 1 aromatic carbocycles. The van der Waals surface area contributed by atoms with Crippen molar-refractivity contribution in [3.8, 4) is 0 Å². The SMILES string of the molecule is CN(c1ncc2ncnc(Nc3ccc(Cl)c(Cl)c3)c2n1)C1CCC(O)CC1. The van der Waals surface area contributed by atoms with E-state index in [-0.39, 0.29) is 6.10 Å². The minimum atomic E-state index is -0.197. The van der Waals surface area contributed by atoms with E-state index in [1.165, 1.54) is 6.33 Å². The van der Waals surface area contributed by atoms with Gasteiger partial charge in [0.05, 0.1) is 22.3 Å². The van der Waals surface area contributed by atoms with Gasteiger partial charge in [0, 0.05) is 18.8 Å². The van der Waals surface area contributed by atoms with Crippen LogP contribution in [0.1, 0.15) is 25.7 Å². The van der Waals surface area contributed by atoms with E-state index >= 15 is 0 Å². The highest BCUT2D eigenvalue weighted by Crippen LogP contribution is 2.29. The van der Waals surface area contributed by atoms with Gasteiger partial charge in [-0.1, -0.05) is 23.2 Å². The van der Waals surface area contributed by atoms with E-state index in [4.69, 9.17) is 28.2 Å². The molecule has 0 radical (unpaired) electrons. The molecule has 1 aliphatic carbocycles. The zero-order chi connectivity index (χ0) is 19.7. The molecule has 7 nitrogen and oxygen atoms in total. The van der Waals surface area contributed by atoms with E-state index in [0.717, 1.165) is 31.4 Å². The number of benzene rings is 1. The van der Waals surface area contributed by atoms with E-state index in [1.54, 1.807) is 18.3 Å². The van der Waals surface area contributed by atoms with Crippen LogP contribution in [0.2, 0.25) is 10.0 Å². The highest BCUT2D eigenvalue weighted by molar-refractivity contribution is 6.42. The van der Waals surface area contributed by atoms with Crippen molar-refractivity contribution in [2.45, 2.75) is 37.8 Å². The first kappa shape index (κ1) is 19.1. The van der Waals surface area contributed by atoms with Crippen LogP contribution in [-0.4, -0.2) is 44.2 Å². The molecule has 4 rings (SSSR count). The molecule has 0 bridgehead atoms. The minimum absolute atomic E-state index is 0.197. The van der Waals surface area contributed by atoms with Crippen molar-refractivity contribution in [1.82, 2.24) is 19.9 Å². The molecule has 0 saturated heterocycles. The Labute approximate surface area is 172 Å². The summed E-state index contributed by atoms with van der Waals surface area (Å²) in [6.07, 6.45) is 6.41. The second-order valence-corrected chi connectivity index (χ2v) is 7.77. The standard InChI is InChI=1S/C19H20Cl2N6O/c1-27(12-3-5-13(28)6-4-12)19-22-9-16-17(26-19)18(24-10-23-16)25-11-2-7-14(20)15(21)8-11/h2,7-10,12-13,28H,3-6H2,1H3,(H,23,24,25). The number of anilines is 3. The molecule has 2 heterocycles. The topological polar surface area (TPSA) is 87.1 Å². The van der Waals surface area contributed by atoms with Crippen molar-refractivity contribution in [1.29, 1.82) is 0 Å². The Morgan fingerprint density at radius 2 is 1.86 bits per heavy atom. The molecule has 2 N–H and O–H groups in total. The van der Waals surface area contributed by atoms with Crippen LogP contribution >= 0.6 is 23.2 Å². The summed E-state index contributed by atoms with van der Waals surface area (Å²) < 4.78 is 0. The van der Waals surface area contributed by atoms with Crippen LogP contribution in [0.25, 0.3) is 11.0 Å². The van der Waals surface area contributed by atoms with Crippen molar-refractivity contribution in [2.24, 2.45) is 0 Å². The maximum absolute atomic E-state index is 9.74. The van der Waals surface area contributed by atoms with Crippen LogP contribution in [0.5, 0.6) is 0 Å². The van der Waals surface area contributed by atoms with Crippen molar-refractivity contribution < 1.29 is 5.11 Å². The maximum Gasteiger partial charge on any atom is 0.226 e. The van der Waals surface area contributed by atoms with Gasteiger partial charge >= 0.3 is 0 Å². The van der Waals surface area contributed by atoms with Gasteiger partial charge in [0.1, 0.15) is 17.4 Å². The number of nitrogens with one attached hydrogen (secondary N) is 1. The monoisotopic (exact) mass is 418 g/mol. The third-order valence-electron chi connectivity index (χ3n) is 5.08. The minimum Gasteiger partial charge on any atom is -0.393 e. The molecule has 1 saturated carbocycles. The quantitative estimate of drug-likeness (QED) is 0.655. The number of hydrogen-bond acceptors (Lipinski definition) is 7. The van der Waals surface area contributed by atoms with E-state index in [1.807, 2.05) is 13.1 Å². The smallest absolute Gasteiger partial charge is 0.226 e. The van der Waals surface area contributed by atoms with Crippen molar-refractivity contribution >= 4 is 51.7 Å². The number of fused-ring (bicyclic) bond motifs is 1. The molecule has 3 aromatic rings. The fourth-order valence-corrected chi connectivity index (χ4v) is 3.72. The number of aliphatic hydroxyl groups is 1. The summed E-state index contributed by atoms with van der Waals surface area (Å²) in [5, 5.41) is 13.9. The lowest BCUT2D eigenvalue weighted by Crippen LogP contribution is -2.37. The molecule has 0 spiro atoms. The molecule has 9 heteroatoms. The number of aromatic nitrogens is 4. The lowest BCUT2D eigenvalue weighted by molar-refractivity contribution is 0.122. The normalized spacial score (nSPS) is 19.6. The van der Waals surface area contributed by atoms with Gasteiger partial charge in [-0.15, -0.1) is 0 Å². The van der Waals surface area contributed by atoms with Crippen LogP contribution in [0, 0.1) is 0 Å². The lowest BCUT2D eigenvalue weighted by Gasteiger charge is -2.33. The summed E-state index contributed by atoms with van der Waals surface area (Å²) in [4.78, 5) is 19.9. The van der Waals surface area contributed by atoms with Crippen LogP contribution in [0.4, 0.5) is 17.5 Å². The largest absolute Gasteiger partial charge is 0.393 e. The Hall–Kier alpha value is -2.22. The highest BCUT2D eigenvalue weighted by Gasteiger charge is 2.24. The average Bonchev–Trinajstić information content (AvgIpc) is 2.71. The predicted molar refractivity (Wildman–Crippen MR) is 112 cm³/mol. The van der Waals surface area contributed by atoms with Gasteiger partial charge in [-0.2, -0.15) is 0 Å². The molecule has 1 fully saturated rings. The summed E-state index contributed by atoms with van der Waals surface area (Å²) in [5.41, 5.74) is 2.03. The zero-order valence-electron chi connectivity index (χ0n) is 15.3. The molecule has 0 aliphatic heterocycles. The Morgan fingerprint density at radius 1 is 1.07 bits per heavy atom. The summed E-state index contributed by atoms with van der Waals surface area (Å²) in [6, 6.07) is 5.58. The van der Waals surface area contributed by atoms with Crippen molar-refractivity contribution in [3.05, 3.63) is 40.8 Å². The summed E-state index contributed by atoms with van der Waals surface area (Å²) in [7, 11) is 1.99. The molecule has 0 atom stereocenters. The van der Waals surface area contributed by atoms with Crippen molar-refractivity contribution in [2.75, 3.05) is 17.3 Å². The molecule has 0 amide bonds. The van der Waals surface area contributed by atoms with E-state index in [9.17, 15) is 5.11 Å². The van der Waals surface area contributed by atoms with E-state index < -0.39 is 0 Å². The van der Waals surface area contributed by atoms with Crippen molar-refractivity contribution in [3.63, 3.8) is 0 Å². The Balaban J connectivity index is 1.64. The lowest BCUT2D eigenvalue weighted by atomic mass is 9.92. The van der Waals surface area contributed by atoms with Gasteiger partial charge in [-0.05, 0) is 43.9 Å². The number of hydrogen-bond donors (Lipinski definition) is 2. The summed E-state index contributed by atoms with van der Waals surface area (Å²) in [5.74, 6) is 1.18. The fraction of sp³-hybridized carbons (Fsp3) is 0.368. The Bertz CT molecular complexity index is 993. The van der Waals surface area contributed by atoms with Crippen LogP contribution in [-0.2, 0) is 0 Å². The first-order valence-corrected chi connectivity index (χ1v) is 9.87. The molecule has 0 unspecified atom stereocenters. The van der Waals surface area contributed by atoms with Gasteiger partial charge in [0.15, 0.2) is 5.82 Å². The maximum atomic E-state index is 9.74. The summed E-state index contributed by atoms with van der Waals surface area (Å²) in [6.45, 7) is 0. The number of nitrogens with zero attached hydrogens (tertiary/aromatic N) is 5. The van der Waals surface area contributed by atoms with E-state index in [0.29, 0.717) is 38.9 Å². The fourth-order valence-electron chi connectivity index (χ4n) is 3.43. The first-order chi connectivity index (χ1) is 13.5. The molecule has 2 aromatic heterocycles. The first-order valence-electron chi connectivity index (χ1n) is 9.12. The van der Waals surface area contributed by atoms with Gasteiger partial charge < -0.3 is 15.3 Å². The van der Waals surface area contributed by atoms with Gasteiger partial charge in [0.25, 0.3) is 0 Å². The molecular weight excluding hydrogens is 399 g/mol. The average molecular weight is 419 g/mol. The number of halogens is 2. The number of aliphatic hydroxyl groups excluding tert-OH is 1. The van der Waals surface area contributed by atoms with Crippen LogP contribution < -0.4 is 10.2 Å².